The van der Waals surface area contributed by atoms with E-state index >= 15 is 0 Å². The topological polar surface area (TPSA) is 70.7 Å². The molecular formula is C12H30N2O6Si2. The molecule has 0 aromatic carbocycles. The summed E-state index contributed by atoms with van der Waals surface area (Å²) in [7, 11) is 3.24. The lowest BCUT2D eigenvalue weighted by molar-refractivity contribution is 0.00248. The summed E-state index contributed by atoms with van der Waals surface area (Å²) in [6, 6.07) is 0. The van der Waals surface area contributed by atoms with E-state index in [1.165, 1.54) is 0 Å². The van der Waals surface area contributed by atoms with Crippen molar-refractivity contribution in [1.29, 1.82) is 0 Å². The lowest BCUT2D eigenvalue weighted by atomic mass is 10.3. The van der Waals surface area contributed by atoms with E-state index in [4.69, 9.17) is 26.6 Å². The second-order valence-corrected chi connectivity index (χ2v) is 12.3. The molecule has 0 spiro atoms. The van der Waals surface area contributed by atoms with Crippen LogP contribution in [0.4, 0.5) is 0 Å². The van der Waals surface area contributed by atoms with Gasteiger partial charge < -0.3 is 31.9 Å². The molecule has 0 bridgehead atoms. The maximum atomic E-state index is 5.79. The van der Waals surface area contributed by atoms with Crippen LogP contribution in [0.25, 0.3) is 0 Å². The minimum Gasteiger partial charge on any atom is -0.376 e. The Labute approximate surface area is 135 Å². The lowest BCUT2D eigenvalue weighted by Gasteiger charge is -2.53. The molecule has 8 nitrogen and oxygen atoms in total. The maximum absolute atomic E-state index is 5.79. The minimum absolute atomic E-state index is 0.765. The van der Waals surface area contributed by atoms with Crippen molar-refractivity contribution in [2.24, 2.45) is 0 Å². The summed E-state index contributed by atoms with van der Waals surface area (Å²) in [6.45, 7) is 5.32. The number of piperazine rings is 1. The molecule has 0 radical (unpaired) electrons. The van der Waals surface area contributed by atoms with Gasteiger partial charge in [0.1, 0.15) is 0 Å². The molecule has 0 saturated carbocycles. The molecule has 0 atom stereocenters. The van der Waals surface area contributed by atoms with Crippen LogP contribution in [-0.2, 0) is 26.6 Å². The summed E-state index contributed by atoms with van der Waals surface area (Å²) in [5.74, 6) is 0. The highest BCUT2D eigenvalue weighted by molar-refractivity contribution is 6.85. The van der Waals surface area contributed by atoms with Crippen molar-refractivity contribution in [1.82, 2.24) is 10.2 Å². The minimum atomic E-state index is -3.17. The normalized spacial score (nSPS) is 18.7. The fraction of sp³-hybridized carbons (Fsp3) is 1.00. The number of hydrogen-bond donors (Lipinski definition) is 1. The van der Waals surface area contributed by atoms with E-state index in [9.17, 15) is 0 Å². The number of hydrogen-bond acceptors (Lipinski definition) is 8. The molecule has 1 aliphatic heterocycles. The molecule has 1 aliphatic rings. The van der Waals surface area contributed by atoms with Crippen LogP contribution >= 0.6 is 0 Å². The third kappa shape index (κ3) is 2.93. The lowest BCUT2D eigenvalue weighted by Crippen LogP contribution is -2.84. The highest BCUT2D eigenvalue weighted by atomic mass is 28.5. The van der Waals surface area contributed by atoms with Gasteiger partial charge in [-0.1, -0.05) is 0 Å². The van der Waals surface area contributed by atoms with Crippen molar-refractivity contribution in [2.45, 2.75) is 11.7 Å². The van der Waals surface area contributed by atoms with Crippen molar-refractivity contribution in [3.05, 3.63) is 0 Å². The molecular weight excluding hydrogens is 324 g/mol. The predicted molar refractivity (Wildman–Crippen MR) is 86.4 cm³/mol. The van der Waals surface area contributed by atoms with E-state index < -0.39 is 22.4 Å². The summed E-state index contributed by atoms with van der Waals surface area (Å²) in [6.07, 6.45) is 0. The SMILES string of the molecule is CO[Si](OC)(OC)C(C)(N1CCNCC1)[Si](OC)(OC)OC. The van der Waals surface area contributed by atoms with Gasteiger partial charge in [0.05, 0.1) is 0 Å². The summed E-state index contributed by atoms with van der Waals surface area (Å²) in [5, 5.41) is 3.34. The van der Waals surface area contributed by atoms with E-state index in [2.05, 4.69) is 10.2 Å². The Morgan fingerprint density at radius 1 is 0.727 bits per heavy atom. The Bertz CT molecular complexity index is 299. The van der Waals surface area contributed by atoms with E-state index in [1.807, 2.05) is 6.92 Å². The summed E-state index contributed by atoms with van der Waals surface area (Å²) < 4.78 is 34.8. The van der Waals surface area contributed by atoms with Crippen LogP contribution in [0.3, 0.4) is 0 Å². The second-order valence-electron chi connectivity index (χ2n) is 5.15. The van der Waals surface area contributed by atoms with E-state index in [-0.39, 0.29) is 0 Å². The summed E-state index contributed by atoms with van der Waals surface area (Å²) in [5.41, 5.74) is 0. The van der Waals surface area contributed by atoms with Crippen LogP contribution in [-0.4, -0.2) is 96.1 Å². The first-order valence-corrected chi connectivity index (χ1v) is 10.7. The Morgan fingerprint density at radius 3 is 1.32 bits per heavy atom. The van der Waals surface area contributed by atoms with Gasteiger partial charge in [-0.05, 0) is 6.92 Å². The average Bonchev–Trinajstić information content (AvgIpc) is 2.59. The van der Waals surface area contributed by atoms with Crippen LogP contribution in [0, 0.1) is 0 Å². The summed E-state index contributed by atoms with van der Waals surface area (Å²) in [4.78, 5) is 1.48. The van der Waals surface area contributed by atoms with Crippen molar-refractivity contribution < 1.29 is 26.6 Å². The standard InChI is InChI=1S/C12H30N2O6Si2/c1-12(14-10-8-13-9-11-14,21(15-2,16-3)17-4)22(18-5,19-6)20-7/h13H,8-11H2,1-7H3. The van der Waals surface area contributed by atoms with Crippen LogP contribution in [0.15, 0.2) is 0 Å². The van der Waals surface area contributed by atoms with Crippen molar-refractivity contribution >= 4 is 17.6 Å². The van der Waals surface area contributed by atoms with Crippen molar-refractivity contribution in [3.63, 3.8) is 0 Å². The maximum Gasteiger partial charge on any atom is 0.525 e. The molecule has 22 heavy (non-hydrogen) atoms. The number of nitrogens with zero attached hydrogens (tertiary/aromatic N) is 1. The van der Waals surface area contributed by atoms with E-state index in [1.54, 1.807) is 42.7 Å². The zero-order valence-electron chi connectivity index (χ0n) is 14.7. The Hall–Kier alpha value is 0.114. The Morgan fingerprint density at radius 2 is 1.05 bits per heavy atom. The number of nitrogens with one attached hydrogen (secondary N) is 1. The van der Waals surface area contributed by atoms with Gasteiger partial charge in [0, 0.05) is 68.8 Å². The monoisotopic (exact) mass is 354 g/mol. The molecule has 1 rings (SSSR count). The molecule has 0 amide bonds. The first kappa shape index (κ1) is 20.2. The molecule has 0 aromatic heterocycles. The third-order valence-electron chi connectivity index (χ3n) is 4.55. The quantitative estimate of drug-likeness (QED) is 0.555. The molecule has 1 saturated heterocycles. The van der Waals surface area contributed by atoms with Gasteiger partial charge in [-0.3, -0.25) is 4.90 Å². The first-order valence-electron chi connectivity index (χ1n) is 7.24. The molecule has 0 aliphatic carbocycles. The highest BCUT2D eigenvalue weighted by Crippen LogP contribution is 2.38. The molecule has 0 aromatic rings. The van der Waals surface area contributed by atoms with E-state index in [0.29, 0.717) is 0 Å². The van der Waals surface area contributed by atoms with Gasteiger partial charge in [0.2, 0.25) is 0 Å². The molecule has 10 heteroatoms. The van der Waals surface area contributed by atoms with Gasteiger partial charge in [0.25, 0.3) is 0 Å². The van der Waals surface area contributed by atoms with Gasteiger partial charge in [0.15, 0.2) is 4.79 Å². The smallest absolute Gasteiger partial charge is 0.376 e. The fourth-order valence-electron chi connectivity index (χ4n) is 3.38. The average molecular weight is 355 g/mol. The van der Waals surface area contributed by atoms with Gasteiger partial charge >= 0.3 is 17.6 Å². The van der Waals surface area contributed by atoms with Crippen LogP contribution in [0.5, 0.6) is 0 Å². The zero-order valence-corrected chi connectivity index (χ0v) is 16.7. The molecule has 1 heterocycles. The van der Waals surface area contributed by atoms with Crippen molar-refractivity contribution in [2.75, 3.05) is 68.8 Å². The van der Waals surface area contributed by atoms with Gasteiger partial charge in [-0.15, -0.1) is 0 Å². The molecule has 0 unspecified atom stereocenters. The van der Waals surface area contributed by atoms with Gasteiger partial charge in [-0.25, -0.2) is 0 Å². The van der Waals surface area contributed by atoms with Crippen molar-refractivity contribution in [3.8, 4) is 0 Å². The van der Waals surface area contributed by atoms with Crippen LogP contribution in [0.2, 0.25) is 0 Å². The highest BCUT2D eigenvalue weighted by Gasteiger charge is 2.76. The predicted octanol–water partition coefficient (Wildman–Crippen LogP) is -0.515. The largest absolute Gasteiger partial charge is 0.525 e. The Kier molecular flexibility index (Phi) is 7.59. The third-order valence-corrected chi connectivity index (χ3v) is 12.6. The first-order chi connectivity index (χ1) is 10.5. The zero-order chi connectivity index (χ0) is 16.9. The Balaban J connectivity index is 3.47. The molecule has 1 fully saturated rings. The van der Waals surface area contributed by atoms with Crippen LogP contribution < -0.4 is 5.32 Å². The molecule has 1 N–H and O–H groups in total. The van der Waals surface area contributed by atoms with Gasteiger partial charge in [-0.2, -0.15) is 0 Å². The second kappa shape index (κ2) is 8.28. The molecule has 132 valence electrons. The summed E-state index contributed by atoms with van der Waals surface area (Å²) >= 11 is 0. The fourth-order valence-corrected chi connectivity index (χ4v) is 11.3. The van der Waals surface area contributed by atoms with Crippen LogP contribution in [0.1, 0.15) is 6.92 Å². The number of rotatable bonds is 9. The van der Waals surface area contributed by atoms with E-state index in [0.717, 1.165) is 26.2 Å².